The van der Waals surface area contributed by atoms with Crippen molar-refractivity contribution in [3.8, 4) is 0 Å². The molecule has 0 fully saturated rings. The van der Waals surface area contributed by atoms with E-state index in [1.807, 2.05) is 12.3 Å². The first kappa shape index (κ1) is 14.1. The van der Waals surface area contributed by atoms with Crippen LogP contribution in [0.4, 0.5) is 0 Å². The number of aryl methyl sites for hydroxylation is 1. The van der Waals surface area contributed by atoms with E-state index in [2.05, 4.69) is 54.8 Å². The smallest absolute Gasteiger partial charge is 0.140 e. The maximum absolute atomic E-state index is 4.54. The lowest BCUT2D eigenvalue weighted by Crippen LogP contribution is -2.21. The highest BCUT2D eigenvalue weighted by atomic mass is 15.0. The summed E-state index contributed by atoms with van der Waals surface area (Å²) in [7, 11) is 0. The molecule has 2 aromatic rings. The summed E-state index contributed by atoms with van der Waals surface area (Å²) in [5, 5.41) is 4.77. The highest BCUT2D eigenvalue weighted by molar-refractivity contribution is 5.80. The number of nitrogens with zero attached hydrogens (tertiary/aromatic N) is 2. The Morgan fingerprint density at radius 2 is 2.05 bits per heavy atom. The first-order valence-electron chi connectivity index (χ1n) is 7.24. The largest absolute Gasteiger partial charge is 0.332 e. The normalized spacial score (nSPS) is 11.9. The minimum Gasteiger partial charge on any atom is -0.332 e. The molecule has 0 atom stereocenters. The predicted molar refractivity (Wildman–Crippen MR) is 81.2 cm³/mol. The van der Waals surface area contributed by atoms with Gasteiger partial charge in [0.25, 0.3) is 0 Å². The Bertz CT molecular complexity index is 480. The van der Waals surface area contributed by atoms with E-state index >= 15 is 0 Å². The molecule has 0 unspecified atom stereocenters. The molecule has 0 aliphatic carbocycles. The quantitative estimate of drug-likeness (QED) is 0.859. The van der Waals surface area contributed by atoms with E-state index in [1.54, 1.807) is 0 Å². The molecule has 0 saturated carbocycles. The van der Waals surface area contributed by atoms with E-state index in [-0.39, 0.29) is 0 Å². The zero-order chi connectivity index (χ0) is 13.8. The van der Waals surface area contributed by atoms with Crippen molar-refractivity contribution in [1.82, 2.24) is 14.9 Å². The SMILES string of the molecule is CC(C)CCn1cc(CNC(C)C)c2cccnc21. The summed E-state index contributed by atoms with van der Waals surface area (Å²) < 4.78 is 2.30. The van der Waals surface area contributed by atoms with E-state index in [9.17, 15) is 0 Å². The fourth-order valence-corrected chi connectivity index (χ4v) is 2.22. The van der Waals surface area contributed by atoms with Crippen molar-refractivity contribution >= 4 is 11.0 Å². The molecular weight excluding hydrogens is 234 g/mol. The highest BCUT2D eigenvalue weighted by Gasteiger charge is 2.09. The number of hydrogen-bond acceptors (Lipinski definition) is 2. The number of fused-ring (bicyclic) bond motifs is 1. The molecule has 1 N–H and O–H groups in total. The molecule has 3 nitrogen and oxygen atoms in total. The molecule has 19 heavy (non-hydrogen) atoms. The van der Waals surface area contributed by atoms with Crippen LogP contribution >= 0.6 is 0 Å². The molecule has 0 spiro atoms. The Balaban J connectivity index is 2.26. The van der Waals surface area contributed by atoms with Gasteiger partial charge in [0.05, 0.1) is 0 Å². The van der Waals surface area contributed by atoms with Gasteiger partial charge in [-0.2, -0.15) is 0 Å². The maximum Gasteiger partial charge on any atom is 0.140 e. The van der Waals surface area contributed by atoms with Crippen molar-refractivity contribution < 1.29 is 0 Å². The van der Waals surface area contributed by atoms with E-state index in [0.717, 1.165) is 24.7 Å². The molecule has 2 rings (SSSR count). The second-order valence-electron chi connectivity index (χ2n) is 5.94. The molecule has 0 aromatic carbocycles. The molecule has 0 aliphatic heterocycles. The second kappa shape index (κ2) is 6.20. The van der Waals surface area contributed by atoms with E-state index in [1.165, 1.54) is 17.4 Å². The van der Waals surface area contributed by atoms with Crippen LogP contribution in [-0.2, 0) is 13.1 Å². The van der Waals surface area contributed by atoms with Crippen LogP contribution in [0.3, 0.4) is 0 Å². The lowest BCUT2D eigenvalue weighted by molar-refractivity contribution is 0.521. The summed E-state index contributed by atoms with van der Waals surface area (Å²) in [5.74, 6) is 0.721. The summed E-state index contributed by atoms with van der Waals surface area (Å²) in [5.41, 5.74) is 2.46. The van der Waals surface area contributed by atoms with Crippen molar-refractivity contribution in [1.29, 1.82) is 0 Å². The van der Waals surface area contributed by atoms with Crippen molar-refractivity contribution in [3.63, 3.8) is 0 Å². The van der Waals surface area contributed by atoms with E-state index in [0.29, 0.717) is 6.04 Å². The molecule has 2 heterocycles. The number of aromatic nitrogens is 2. The average molecular weight is 259 g/mol. The van der Waals surface area contributed by atoms with Gasteiger partial charge in [0.15, 0.2) is 0 Å². The topological polar surface area (TPSA) is 29.9 Å². The zero-order valence-corrected chi connectivity index (χ0v) is 12.5. The van der Waals surface area contributed by atoms with Gasteiger partial charge in [0.2, 0.25) is 0 Å². The van der Waals surface area contributed by atoms with Gasteiger partial charge >= 0.3 is 0 Å². The van der Waals surface area contributed by atoms with Gasteiger partial charge < -0.3 is 9.88 Å². The standard InChI is InChI=1S/C16H25N3/c1-12(2)7-9-19-11-14(10-18-13(3)4)15-6-5-8-17-16(15)19/h5-6,8,11-13,18H,7,9-10H2,1-4H3. The minimum atomic E-state index is 0.505. The number of nitrogens with one attached hydrogen (secondary N) is 1. The monoisotopic (exact) mass is 259 g/mol. The lowest BCUT2D eigenvalue weighted by Gasteiger charge is -2.07. The van der Waals surface area contributed by atoms with Crippen LogP contribution in [-0.4, -0.2) is 15.6 Å². The van der Waals surface area contributed by atoms with Crippen LogP contribution in [0.1, 0.15) is 39.7 Å². The first-order valence-corrected chi connectivity index (χ1v) is 7.24. The number of rotatable bonds is 6. The number of pyridine rings is 1. The number of hydrogen-bond donors (Lipinski definition) is 1. The van der Waals surface area contributed by atoms with Gasteiger partial charge in [0, 0.05) is 36.9 Å². The highest BCUT2D eigenvalue weighted by Crippen LogP contribution is 2.20. The van der Waals surface area contributed by atoms with Gasteiger partial charge in [0.1, 0.15) is 5.65 Å². The molecule has 104 valence electrons. The average Bonchev–Trinajstić information content (AvgIpc) is 2.72. The fraction of sp³-hybridized carbons (Fsp3) is 0.562. The zero-order valence-electron chi connectivity index (χ0n) is 12.5. The maximum atomic E-state index is 4.54. The van der Waals surface area contributed by atoms with Gasteiger partial charge in [-0.3, -0.25) is 0 Å². The van der Waals surface area contributed by atoms with Crippen molar-refractivity contribution in [2.24, 2.45) is 5.92 Å². The Morgan fingerprint density at radius 1 is 1.26 bits per heavy atom. The Kier molecular flexibility index (Phi) is 4.59. The third-order valence-corrected chi connectivity index (χ3v) is 3.36. The Morgan fingerprint density at radius 3 is 2.74 bits per heavy atom. The molecule has 0 aliphatic rings. The van der Waals surface area contributed by atoms with E-state index in [4.69, 9.17) is 0 Å². The summed E-state index contributed by atoms with van der Waals surface area (Å²) in [4.78, 5) is 4.54. The molecule has 0 saturated heterocycles. The molecular formula is C16H25N3. The third-order valence-electron chi connectivity index (χ3n) is 3.36. The van der Waals surface area contributed by atoms with Crippen LogP contribution in [0.15, 0.2) is 24.5 Å². The molecule has 2 aromatic heterocycles. The summed E-state index contributed by atoms with van der Waals surface area (Å²) in [6, 6.07) is 4.70. The van der Waals surface area contributed by atoms with Gasteiger partial charge in [-0.05, 0) is 30.0 Å². The van der Waals surface area contributed by atoms with Crippen LogP contribution in [0.2, 0.25) is 0 Å². The van der Waals surface area contributed by atoms with Crippen LogP contribution in [0.5, 0.6) is 0 Å². The minimum absolute atomic E-state index is 0.505. The lowest BCUT2D eigenvalue weighted by atomic mass is 10.1. The van der Waals surface area contributed by atoms with Crippen molar-refractivity contribution in [3.05, 3.63) is 30.1 Å². The van der Waals surface area contributed by atoms with Crippen LogP contribution in [0, 0.1) is 5.92 Å². The first-order chi connectivity index (χ1) is 9.08. The third kappa shape index (κ3) is 3.57. The van der Waals surface area contributed by atoms with Crippen molar-refractivity contribution in [2.75, 3.05) is 0 Å². The second-order valence-corrected chi connectivity index (χ2v) is 5.94. The Hall–Kier alpha value is -1.35. The summed E-state index contributed by atoms with van der Waals surface area (Å²) in [6.07, 6.45) is 5.33. The summed E-state index contributed by atoms with van der Waals surface area (Å²) in [6.45, 7) is 10.8. The van der Waals surface area contributed by atoms with Gasteiger partial charge in [-0.1, -0.05) is 27.7 Å². The van der Waals surface area contributed by atoms with E-state index < -0.39 is 0 Å². The van der Waals surface area contributed by atoms with Crippen molar-refractivity contribution in [2.45, 2.75) is 53.2 Å². The van der Waals surface area contributed by atoms with Gasteiger partial charge in [-0.25, -0.2) is 4.98 Å². The molecule has 0 radical (unpaired) electrons. The molecule has 3 heteroatoms. The Labute approximate surface area is 116 Å². The fourth-order valence-electron chi connectivity index (χ4n) is 2.22. The molecule has 0 bridgehead atoms. The van der Waals surface area contributed by atoms with Gasteiger partial charge in [-0.15, -0.1) is 0 Å². The van der Waals surface area contributed by atoms with Crippen LogP contribution < -0.4 is 5.32 Å². The summed E-state index contributed by atoms with van der Waals surface area (Å²) >= 11 is 0. The van der Waals surface area contributed by atoms with Crippen LogP contribution in [0.25, 0.3) is 11.0 Å². The predicted octanol–water partition coefficient (Wildman–Crippen LogP) is 3.58. The molecule has 0 amide bonds.